The summed E-state index contributed by atoms with van der Waals surface area (Å²) < 4.78 is 0. The van der Waals surface area contributed by atoms with Crippen LogP contribution in [0.2, 0.25) is 0 Å². The molecule has 8 heteroatoms. The molecule has 0 saturated heterocycles. The van der Waals surface area contributed by atoms with E-state index >= 15 is 0 Å². The first kappa shape index (κ1) is 17.5. The number of carbonyl (C=O) groups is 1. The largest absolute Gasteiger partial charge is 0.350 e. The number of rotatable bonds is 8. The maximum absolute atomic E-state index is 12.1. The van der Waals surface area contributed by atoms with Crippen LogP contribution in [0.4, 0.5) is 11.4 Å². The van der Waals surface area contributed by atoms with E-state index in [-0.39, 0.29) is 11.6 Å². The second-order valence-corrected chi connectivity index (χ2v) is 5.12. The Labute approximate surface area is 127 Å². The van der Waals surface area contributed by atoms with Gasteiger partial charge in [0, 0.05) is 18.2 Å². The van der Waals surface area contributed by atoms with Gasteiger partial charge in [-0.15, -0.1) is 0 Å². The van der Waals surface area contributed by atoms with E-state index in [2.05, 4.69) is 12.2 Å². The Kier molecular flexibility index (Phi) is 6.43. The summed E-state index contributed by atoms with van der Waals surface area (Å²) in [5.74, 6) is -0.546. The molecule has 0 radical (unpaired) electrons. The van der Waals surface area contributed by atoms with Crippen molar-refractivity contribution in [1.82, 2.24) is 5.32 Å². The molecule has 0 fully saturated rings. The molecule has 0 aliphatic carbocycles. The molecule has 1 rings (SSSR count). The van der Waals surface area contributed by atoms with Gasteiger partial charge in [0.05, 0.1) is 21.5 Å². The van der Waals surface area contributed by atoms with Crippen LogP contribution >= 0.6 is 0 Å². The van der Waals surface area contributed by atoms with Gasteiger partial charge < -0.3 is 5.32 Å². The number of amides is 1. The lowest BCUT2D eigenvalue weighted by Gasteiger charge is -2.13. The van der Waals surface area contributed by atoms with E-state index in [1.54, 1.807) is 0 Å². The fraction of sp³-hybridized carbons (Fsp3) is 0.500. The van der Waals surface area contributed by atoms with Gasteiger partial charge in [-0.1, -0.05) is 26.2 Å². The third-order valence-corrected chi connectivity index (χ3v) is 3.20. The summed E-state index contributed by atoms with van der Waals surface area (Å²) in [4.78, 5) is 32.2. The number of nitrogens with one attached hydrogen (secondary N) is 1. The normalized spacial score (nSPS) is 11.7. The average Bonchev–Trinajstić information content (AvgIpc) is 2.46. The molecule has 0 spiro atoms. The van der Waals surface area contributed by atoms with E-state index in [0.29, 0.717) is 0 Å². The lowest BCUT2D eigenvalue weighted by atomic mass is 10.1. The molecular weight excluding hydrogens is 290 g/mol. The number of nitro benzene ring substituents is 2. The third kappa shape index (κ3) is 5.12. The number of unbranched alkanes of at least 4 members (excludes halogenated alkanes) is 2. The SMILES string of the molecule is CCCCC[C@H](C)NC(=O)c1cc([N+](=O)[O-])cc([N+](=O)[O-])c1. The van der Waals surface area contributed by atoms with Crippen molar-refractivity contribution >= 4 is 17.3 Å². The van der Waals surface area contributed by atoms with Crippen molar-refractivity contribution in [2.24, 2.45) is 0 Å². The first-order valence-electron chi connectivity index (χ1n) is 7.10. The van der Waals surface area contributed by atoms with E-state index in [4.69, 9.17) is 0 Å². The fourth-order valence-corrected chi connectivity index (χ4v) is 2.02. The van der Waals surface area contributed by atoms with Crippen LogP contribution in [-0.4, -0.2) is 21.8 Å². The zero-order valence-corrected chi connectivity index (χ0v) is 12.6. The van der Waals surface area contributed by atoms with E-state index in [9.17, 15) is 25.0 Å². The van der Waals surface area contributed by atoms with Crippen molar-refractivity contribution in [3.63, 3.8) is 0 Å². The van der Waals surface area contributed by atoms with Gasteiger partial charge in [0.2, 0.25) is 0 Å². The van der Waals surface area contributed by atoms with E-state index in [1.165, 1.54) is 0 Å². The highest BCUT2D eigenvalue weighted by atomic mass is 16.6. The van der Waals surface area contributed by atoms with E-state index in [1.807, 2.05) is 6.92 Å². The molecule has 0 aliphatic rings. The molecule has 1 amide bonds. The minimum atomic E-state index is -0.755. The number of carbonyl (C=O) groups excluding carboxylic acids is 1. The van der Waals surface area contributed by atoms with Gasteiger partial charge in [-0.3, -0.25) is 25.0 Å². The number of hydrogen-bond donors (Lipinski definition) is 1. The summed E-state index contributed by atoms with van der Waals surface area (Å²) in [6, 6.07) is 2.82. The Morgan fingerprint density at radius 3 is 2.14 bits per heavy atom. The molecule has 0 bridgehead atoms. The van der Waals surface area contributed by atoms with Gasteiger partial charge in [-0.05, 0) is 13.3 Å². The van der Waals surface area contributed by atoms with Crippen LogP contribution in [0, 0.1) is 20.2 Å². The number of hydrogen-bond acceptors (Lipinski definition) is 5. The third-order valence-electron chi connectivity index (χ3n) is 3.20. The molecule has 0 aromatic heterocycles. The van der Waals surface area contributed by atoms with E-state index < -0.39 is 27.1 Å². The van der Waals surface area contributed by atoms with Gasteiger partial charge >= 0.3 is 0 Å². The fourth-order valence-electron chi connectivity index (χ4n) is 2.02. The predicted octanol–water partition coefficient (Wildman–Crippen LogP) is 3.20. The summed E-state index contributed by atoms with van der Waals surface area (Å²) in [6.45, 7) is 3.91. The first-order valence-corrected chi connectivity index (χ1v) is 7.10. The van der Waals surface area contributed by atoms with Crippen molar-refractivity contribution in [2.45, 2.75) is 45.6 Å². The van der Waals surface area contributed by atoms with Crippen molar-refractivity contribution < 1.29 is 14.6 Å². The molecule has 1 atom stereocenters. The van der Waals surface area contributed by atoms with Crippen LogP contribution < -0.4 is 5.32 Å². The molecule has 1 N–H and O–H groups in total. The molecule has 1 aromatic rings. The lowest BCUT2D eigenvalue weighted by Crippen LogP contribution is -2.32. The molecule has 0 aliphatic heterocycles. The van der Waals surface area contributed by atoms with Crippen LogP contribution in [0.1, 0.15) is 49.9 Å². The maximum atomic E-state index is 12.1. The lowest BCUT2D eigenvalue weighted by molar-refractivity contribution is -0.394. The topological polar surface area (TPSA) is 115 Å². The minimum Gasteiger partial charge on any atom is -0.350 e. The summed E-state index contributed by atoms with van der Waals surface area (Å²) >= 11 is 0. The van der Waals surface area contributed by atoms with Crippen molar-refractivity contribution in [1.29, 1.82) is 0 Å². The summed E-state index contributed by atoms with van der Waals surface area (Å²) in [7, 11) is 0. The Hall–Kier alpha value is -2.51. The molecule has 22 heavy (non-hydrogen) atoms. The summed E-state index contributed by atoms with van der Waals surface area (Å²) in [5, 5.41) is 24.3. The Morgan fingerprint density at radius 2 is 1.68 bits per heavy atom. The highest BCUT2D eigenvalue weighted by molar-refractivity contribution is 5.95. The van der Waals surface area contributed by atoms with Crippen molar-refractivity contribution in [3.05, 3.63) is 44.0 Å². The molecule has 8 nitrogen and oxygen atoms in total. The van der Waals surface area contributed by atoms with Crippen molar-refractivity contribution in [2.75, 3.05) is 0 Å². The van der Waals surface area contributed by atoms with Crippen LogP contribution in [0.3, 0.4) is 0 Å². The van der Waals surface area contributed by atoms with Crippen LogP contribution in [0.25, 0.3) is 0 Å². The zero-order valence-electron chi connectivity index (χ0n) is 12.6. The van der Waals surface area contributed by atoms with Gasteiger partial charge in [0.15, 0.2) is 0 Å². The van der Waals surface area contributed by atoms with Gasteiger partial charge in [-0.2, -0.15) is 0 Å². The van der Waals surface area contributed by atoms with Crippen LogP contribution in [0.15, 0.2) is 18.2 Å². The quantitative estimate of drug-likeness (QED) is 0.449. The maximum Gasteiger partial charge on any atom is 0.277 e. The van der Waals surface area contributed by atoms with Gasteiger partial charge in [0.1, 0.15) is 0 Å². The Balaban J connectivity index is 2.88. The average molecular weight is 309 g/mol. The standard InChI is InChI=1S/C14H19N3O5/c1-3-4-5-6-10(2)15-14(18)11-7-12(16(19)20)9-13(8-11)17(21)22/h7-10H,3-6H2,1-2H3,(H,15,18)/t10-/m0/s1. The monoisotopic (exact) mass is 309 g/mol. The van der Waals surface area contributed by atoms with Crippen LogP contribution in [-0.2, 0) is 0 Å². The summed E-state index contributed by atoms with van der Waals surface area (Å²) in [5.41, 5.74) is -1.03. The smallest absolute Gasteiger partial charge is 0.277 e. The molecule has 120 valence electrons. The molecule has 1 aromatic carbocycles. The highest BCUT2D eigenvalue weighted by Crippen LogP contribution is 2.22. The number of benzene rings is 1. The summed E-state index contributed by atoms with van der Waals surface area (Å²) in [6.07, 6.45) is 3.88. The number of nitrogens with zero attached hydrogens (tertiary/aromatic N) is 2. The van der Waals surface area contributed by atoms with Gasteiger partial charge in [0.25, 0.3) is 17.3 Å². The van der Waals surface area contributed by atoms with Gasteiger partial charge in [-0.25, -0.2) is 0 Å². The predicted molar refractivity (Wildman–Crippen MR) is 80.8 cm³/mol. The second-order valence-electron chi connectivity index (χ2n) is 5.12. The molecule has 0 saturated carbocycles. The van der Waals surface area contributed by atoms with Crippen LogP contribution in [0.5, 0.6) is 0 Å². The zero-order chi connectivity index (χ0) is 16.7. The molecule has 0 unspecified atom stereocenters. The minimum absolute atomic E-state index is 0.0803. The highest BCUT2D eigenvalue weighted by Gasteiger charge is 2.20. The van der Waals surface area contributed by atoms with E-state index in [0.717, 1.165) is 43.9 Å². The molecule has 0 heterocycles. The first-order chi connectivity index (χ1) is 10.3. The Morgan fingerprint density at radius 1 is 1.14 bits per heavy atom. The number of nitro groups is 2. The molecular formula is C14H19N3O5. The Bertz CT molecular complexity index is 541. The number of non-ortho nitro benzene ring substituents is 2. The second kappa shape index (κ2) is 8.06. The van der Waals surface area contributed by atoms with Crippen molar-refractivity contribution in [3.8, 4) is 0 Å².